The van der Waals surface area contributed by atoms with Crippen LogP contribution in [0.15, 0.2) is 36.4 Å². The summed E-state index contributed by atoms with van der Waals surface area (Å²) in [5.41, 5.74) is 2.58. The molecule has 0 aliphatic carbocycles. The minimum atomic E-state index is 0.267. The van der Waals surface area contributed by atoms with Crippen LogP contribution in [-0.4, -0.2) is 12.3 Å². The average molecular weight is 255 g/mol. The van der Waals surface area contributed by atoms with E-state index in [1.807, 2.05) is 0 Å². The number of nitrogens with one attached hydrogen (secondary N) is 1. The molecule has 2 rings (SSSR count). The summed E-state index contributed by atoms with van der Waals surface area (Å²) in [4.78, 5) is 10.8. The number of aryl methyl sites for hydroxylation is 1. The normalized spacial score (nSPS) is 10.8. The Balaban J connectivity index is 1.91. The topological polar surface area (TPSA) is 29.1 Å². The molecular formula is C17H21NO. The molecule has 0 aliphatic heterocycles. The zero-order valence-corrected chi connectivity index (χ0v) is 11.7. The maximum Gasteiger partial charge on any atom is 0.129 e. The summed E-state index contributed by atoms with van der Waals surface area (Å²) >= 11 is 0. The van der Waals surface area contributed by atoms with Crippen LogP contribution >= 0.6 is 0 Å². The van der Waals surface area contributed by atoms with Gasteiger partial charge in [-0.1, -0.05) is 35.9 Å². The molecule has 0 saturated carbocycles. The van der Waals surface area contributed by atoms with Gasteiger partial charge in [0.15, 0.2) is 0 Å². The second-order valence-electron chi connectivity index (χ2n) is 5.17. The molecule has 2 nitrogen and oxygen atoms in total. The zero-order valence-electron chi connectivity index (χ0n) is 11.7. The zero-order chi connectivity index (χ0) is 13.7. The highest BCUT2D eigenvalue weighted by Gasteiger charge is 1.98. The molecule has 0 amide bonds. The van der Waals surface area contributed by atoms with Gasteiger partial charge in [-0.2, -0.15) is 0 Å². The van der Waals surface area contributed by atoms with Gasteiger partial charge in [0.25, 0.3) is 0 Å². The van der Waals surface area contributed by atoms with Gasteiger partial charge in [0.2, 0.25) is 0 Å². The first-order chi connectivity index (χ1) is 9.15. The van der Waals surface area contributed by atoms with Crippen LogP contribution in [0.4, 0.5) is 0 Å². The van der Waals surface area contributed by atoms with Crippen molar-refractivity contribution in [1.82, 2.24) is 5.32 Å². The van der Waals surface area contributed by atoms with Crippen molar-refractivity contribution >= 4 is 16.6 Å². The summed E-state index contributed by atoms with van der Waals surface area (Å²) < 4.78 is 0. The molecule has 0 heterocycles. The molecule has 1 N–H and O–H groups in total. The smallest absolute Gasteiger partial charge is 0.129 e. The van der Waals surface area contributed by atoms with Gasteiger partial charge in [-0.3, -0.25) is 0 Å². The van der Waals surface area contributed by atoms with E-state index >= 15 is 0 Å². The van der Waals surface area contributed by atoms with Crippen molar-refractivity contribution in [2.75, 3.05) is 6.54 Å². The number of rotatable bonds is 6. The van der Waals surface area contributed by atoms with Gasteiger partial charge in [0, 0.05) is 13.0 Å². The molecule has 0 bridgehead atoms. The fourth-order valence-electron chi connectivity index (χ4n) is 2.22. The Bertz CT molecular complexity index is 574. The predicted molar refractivity (Wildman–Crippen MR) is 80.3 cm³/mol. The van der Waals surface area contributed by atoms with Crippen molar-refractivity contribution < 1.29 is 4.79 Å². The number of carbonyl (C=O) groups is 1. The highest BCUT2D eigenvalue weighted by Crippen LogP contribution is 2.17. The number of hydrogen-bond donors (Lipinski definition) is 1. The monoisotopic (exact) mass is 255 g/mol. The Morgan fingerprint density at radius 2 is 1.84 bits per heavy atom. The third kappa shape index (κ3) is 4.18. The summed E-state index contributed by atoms with van der Waals surface area (Å²) in [5.74, 6) is 0.267. The van der Waals surface area contributed by atoms with E-state index in [2.05, 4.69) is 48.6 Å². The summed E-state index contributed by atoms with van der Waals surface area (Å²) in [7, 11) is 0. The van der Waals surface area contributed by atoms with E-state index in [1.165, 1.54) is 21.9 Å². The van der Waals surface area contributed by atoms with E-state index < -0.39 is 0 Å². The van der Waals surface area contributed by atoms with E-state index in [0.29, 0.717) is 6.42 Å². The number of Topliss-reactive ketones (excluding diaryl/α,β-unsaturated/α-hetero) is 1. The Hall–Kier alpha value is -1.67. The van der Waals surface area contributed by atoms with Crippen molar-refractivity contribution in [3.05, 3.63) is 47.5 Å². The minimum Gasteiger partial charge on any atom is -0.313 e. The summed E-state index contributed by atoms with van der Waals surface area (Å²) in [6, 6.07) is 13.1. The van der Waals surface area contributed by atoms with Crippen LogP contribution in [0.25, 0.3) is 10.8 Å². The molecule has 0 aliphatic rings. The van der Waals surface area contributed by atoms with Crippen LogP contribution < -0.4 is 5.32 Å². The van der Waals surface area contributed by atoms with Gasteiger partial charge >= 0.3 is 0 Å². The van der Waals surface area contributed by atoms with Gasteiger partial charge in [0.05, 0.1) is 0 Å². The average Bonchev–Trinajstić information content (AvgIpc) is 2.38. The first kappa shape index (κ1) is 13.8. The Morgan fingerprint density at radius 3 is 2.63 bits per heavy atom. The van der Waals surface area contributed by atoms with E-state index in [-0.39, 0.29) is 5.78 Å². The van der Waals surface area contributed by atoms with Crippen molar-refractivity contribution in [2.45, 2.75) is 33.2 Å². The lowest BCUT2D eigenvalue weighted by molar-refractivity contribution is -0.117. The number of benzene rings is 2. The maximum absolute atomic E-state index is 10.8. The van der Waals surface area contributed by atoms with Crippen LogP contribution in [0, 0.1) is 6.92 Å². The summed E-state index contributed by atoms with van der Waals surface area (Å²) in [5, 5.41) is 5.96. The lowest BCUT2D eigenvalue weighted by atomic mass is 10.0. The molecule has 19 heavy (non-hydrogen) atoms. The molecule has 2 aromatic carbocycles. The van der Waals surface area contributed by atoms with Crippen LogP contribution in [-0.2, 0) is 11.3 Å². The van der Waals surface area contributed by atoms with E-state index in [9.17, 15) is 4.79 Å². The highest BCUT2D eigenvalue weighted by molar-refractivity contribution is 5.83. The van der Waals surface area contributed by atoms with Crippen molar-refractivity contribution in [3.63, 3.8) is 0 Å². The second kappa shape index (κ2) is 6.48. The van der Waals surface area contributed by atoms with Gasteiger partial charge in [-0.15, -0.1) is 0 Å². The maximum atomic E-state index is 10.8. The fraction of sp³-hybridized carbons (Fsp3) is 0.353. The van der Waals surface area contributed by atoms with Crippen molar-refractivity contribution in [3.8, 4) is 0 Å². The third-order valence-corrected chi connectivity index (χ3v) is 3.27. The molecule has 0 saturated heterocycles. The number of ketones is 1. The van der Waals surface area contributed by atoms with Crippen molar-refractivity contribution in [2.24, 2.45) is 0 Å². The van der Waals surface area contributed by atoms with Crippen LogP contribution in [0.1, 0.15) is 30.9 Å². The summed E-state index contributed by atoms with van der Waals surface area (Å²) in [6.45, 7) is 5.52. The number of hydrogen-bond acceptors (Lipinski definition) is 2. The summed E-state index contributed by atoms with van der Waals surface area (Å²) in [6.07, 6.45) is 1.59. The lowest BCUT2D eigenvalue weighted by Gasteiger charge is -2.06. The predicted octanol–water partition coefficient (Wildman–Crippen LogP) is 3.61. The number of fused-ring (bicyclic) bond motifs is 1. The molecule has 0 spiro atoms. The number of carbonyl (C=O) groups excluding carboxylic acids is 1. The minimum absolute atomic E-state index is 0.267. The van der Waals surface area contributed by atoms with Gasteiger partial charge < -0.3 is 10.1 Å². The first-order valence-corrected chi connectivity index (χ1v) is 6.84. The highest BCUT2D eigenvalue weighted by atomic mass is 16.1. The van der Waals surface area contributed by atoms with Crippen LogP contribution in [0.5, 0.6) is 0 Å². The molecular weight excluding hydrogens is 234 g/mol. The molecule has 0 atom stereocenters. The molecule has 0 fully saturated rings. The standard InChI is InChI=1S/C17H21NO/c1-13-5-7-17-11-15(6-8-16(17)10-13)12-18-9-3-4-14(2)19/h5-8,10-11,18H,3-4,9,12H2,1-2H3. The van der Waals surface area contributed by atoms with Crippen molar-refractivity contribution in [1.29, 1.82) is 0 Å². The Morgan fingerprint density at radius 1 is 1.11 bits per heavy atom. The molecule has 2 aromatic rings. The van der Waals surface area contributed by atoms with E-state index in [4.69, 9.17) is 0 Å². The second-order valence-corrected chi connectivity index (χ2v) is 5.17. The van der Waals surface area contributed by atoms with E-state index in [1.54, 1.807) is 6.92 Å². The molecule has 0 radical (unpaired) electrons. The molecule has 0 aromatic heterocycles. The van der Waals surface area contributed by atoms with Crippen LogP contribution in [0.3, 0.4) is 0 Å². The lowest BCUT2D eigenvalue weighted by Crippen LogP contribution is -2.15. The largest absolute Gasteiger partial charge is 0.313 e. The molecule has 2 heteroatoms. The Labute approximate surface area is 114 Å². The third-order valence-electron chi connectivity index (χ3n) is 3.27. The quantitative estimate of drug-likeness (QED) is 0.799. The van der Waals surface area contributed by atoms with Gasteiger partial charge in [0.1, 0.15) is 5.78 Å². The van der Waals surface area contributed by atoms with Gasteiger partial charge in [-0.25, -0.2) is 0 Å². The van der Waals surface area contributed by atoms with Gasteiger partial charge in [-0.05, 0) is 49.2 Å². The van der Waals surface area contributed by atoms with E-state index in [0.717, 1.165) is 19.5 Å². The SMILES string of the molecule is CC(=O)CCCNCc1ccc2cc(C)ccc2c1. The first-order valence-electron chi connectivity index (χ1n) is 6.84. The van der Waals surface area contributed by atoms with Crippen LogP contribution in [0.2, 0.25) is 0 Å². The Kier molecular flexibility index (Phi) is 4.69. The molecule has 0 unspecified atom stereocenters. The molecule has 100 valence electrons. The fourth-order valence-corrected chi connectivity index (χ4v) is 2.22.